The number of aromatic amines is 1. The summed E-state index contributed by atoms with van der Waals surface area (Å²) in [7, 11) is 0. The number of nitrogens with zero attached hydrogens (tertiary/aromatic N) is 1. The number of hydrogen-bond donors (Lipinski definition) is 3. The molecular weight excluding hydrogens is 458 g/mol. The van der Waals surface area contributed by atoms with Gasteiger partial charge in [0.15, 0.2) is 0 Å². The van der Waals surface area contributed by atoms with E-state index in [2.05, 4.69) is 63.3 Å². The zero-order chi connectivity index (χ0) is 14.7. The molecule has 0 aliphatic rings. The van der Waals surface area contributed by atoms with E-state index in [1.165, 1.54) is 6.21 Å². The van der Waals surface area contributed by atoms with E-state index in [4.69, 9.17) is 0 Å². The molecule has 0 fully saturated rings. The highest BCUT2D eigenvalue weighted by atomic mass is 79.9. The van der Waals surface area contributed by atoms with Crippen molar-refractivity contribution < 1.29 is 9.90 Å². The maximum atomic E-state index is 11.7. The number of aromatic nitrogens is 1. The summed E-state index contributed by atoms with van der Waals surface area (Å²) in [6.07, 6.45) is 3.01. The van der Waals surface area contributed by atoms with Crippen LogP contribution in [0.1, 0.15) is 16.1 Å². The van der Waals surface area contributed by atoms with Crippen LogP contribution >= 0.6 is 47.8 Å². The molecule has 0 bridgehead atoms. The molecular formula is C12H8Br3N3O2. The van der Waals surface area contributed by atoms with E-state index in [-0.39, 0.29) is 11.7 Å². The molecule has 1 heterocycles. The van der Waals surface area contributed by atoms with Gasteiger partial charge in [-0.3, -0.25) is 4.79 Å². The van der Waals surface area contributed by atoms with Crippen molar-refractivity contribution in [2.75, 3.05) is 0 Å². The minimum absolute atomic E-state index is 0.0498. The lowest BCUT2D eigenvalue weighted by Crippen LogP contribution is -2.17. The van der Waals surface area contributed by atoms with E-state index >= 15 is 0 Å². The number of carbonyl (C=O) groups is 1. The van der Waals surface area contributed by atoms with Crippen LogP contribution in [0.5, 0.6) is 5.75 Å². The highest BCUT2D eigenvalue weighted by Crippen LogP contribution is 2.30. The normalized spacial score (nSPS) is 10.9. The molecule has 1 amide bonds. The first-order valence-corrected chi connectivity index (χ1v) is 7.70. The predicted octanol–water partition coefficient (Wildman–Crippen LogP) is 3.77. The molecule has 1 aromatic carbocycles. The molecule has 0 radical (unpaired) electrons. The number of phenolic OH excluding ortho intramolecular Hbond substituents is 1. The van der Waals surface area contributed by atoms with Gasteiger partial charge < -0.3 is 10.1 Å². The van der Waals surface area contributed by atoms with E-state index in [9.17, 15) is 9.90 Å². The maximum Gasteiger partial charge on any atom is 0.287 e. The summed E-state index contributed by atoms with van der Waals surface area (Å²) < 4.78 is 2.09. The Morgan fingerprint density at radius 2 is 2.00 bits per heavy atom. The maximum absolute atomic E-state index is 11.7. The number of amides is 1. The lowest BCUT2D eigenvalue weighted by atomic mass is 10.2. The molecule has 8 heteroatoms. The van der Waals surface area contributed by atoms with Crippen molar-refractivity contribution in [1.82, 2.24) is 10.4 Å². The van der Waals surface area contributed by atoms with E-state index in [0.29, 0.717) is 15.7 Å². The number of halogens is 3. The fourth-order valence-corrected chi connectivity index (χ4v) is 3.01. The largest absolute Gasteiger partial charge is 0.506 e. The third kappa shape index (κ3) is 3.71. The first-order valence-electron chi connectivity index (χ1n) is 5.32. The minimum atomic E-state index is -0.375. The van der Waals surface area contributed by atoms with Gasteiger partial charge in [0.25, 0.3) is 5.91 Å². The smallest absolute Gasteiger partial charge is 0.287 e. The number of rotatable bonds is 3. The summed E-state index contributed by atoms with van der Waals surface area (Å²) in [5, 5.41) is 13.6. The van der Waals surface area contributed by atoms with Gasteiger partial charge in [-0.15, -0.1) is 0 Å². The number of hydrazone groups is 1. The third-order valence-corrected chi connectivity index (χ3v) is 3.84. The zero-order valence-electron chi connectivity index (χ0n) is 9.82. The molecule has 5 nitrogen and oxygen atoms in total. The summed E-state index contributed by atoms with van der Waals surface area (Å²) in [5.74, 6) is -0.325. The monoisotopic (exact) mass is 463 g/mol. The van der Waals surface area contributed by atoms with Crippen molar-refractivity contribution >= 4 is 59.9 Å². The van der Waals surface area contributed by atoms with Gasteiger partial charge in [0.05, 0.1) is 10.7 Å². The summed E-state index contributed by atoms with van der Waals surface area (Å²) in [4.78, 5) is 14.5. The number of hydrogen-bond acceptors (Lipinski definition) is 3. The highest BCUT2D eigenvalue weighted by Gasteiger charge is 2.07. The number of carbonyl (C=O) groups excluding carboxylic acids is 1. The second-order valence-electron chi connectivity index (χ2n) is 3.76. The minimum Gasteiger partial charge on any atom is -0.506 e. The van der Waals surface area contributed by atoms with Crippen LogP contribution in [-0.4, -0.2) is 22.2 Å². The van der Waals surface area contributed by atoms with Gasteiger partial charge in [-0.25, -0.2) is 5.43 Å². The van der Waals surface area contributed by atoms with Crippen LogP contribution in [0, 0.1) is 0 Å². The van der Waals surface area contributed by atoms with Gasteiger partial charge in [0.1, 0.15) is 11.4 Å². The van der Waals surface area contributed by atoms with Crippen LogP contribution in [0.4, 0.5) is 0 Å². The zero-order valence-corrected chi connectivity index (χ0v) is 14.6. The first kappa shape index (κ1) is 15.3. The number of benzene rings is 1. The molecule has 2 aromatic rings. The third-order valence-electron chi connectivity index (χ3n) is 2.32. The lowest BCUT2D eigenvalue weighted by Gasteiger charge is -2.02. The van der Waals surface area contributed by atoms with Crippen molar-refractivity contribution in [3.8, 4) is 5.75 Å². The van der Waals surface area contributed by atoms with Gasteiger partial charge >= 0.3 is 0 Å². The SMILES string of the molecule is O=C(N/N=C/c1cc(Br)cc(Br)c1O)c1cc(Br)c[nH]1. The van der Waals surface area contributed by atoms with Crippen LogP contribution in [0.15, 0.2) is 42.9 Å². The van der Waals surface area contributed by atoms with Crippen LogP contribution in [0.25, 0.3) is 0 Å². The molecule has 0 spiro atoms. The van der Waals surface area contributed by atoms with Crippen LogP contribution in [-0.2, 0) is 0 Å². The highest BCUT2D eigenvalue weighted by molar-refractivity contribution is 9.11. The van der Waals surface area contributed by atoms with Gasteiger partial charge in [0, 0.05) is 20.7 Å². The number of aromatic hydroxyl groups is 1. The van der Waals surface area contributed by atoms with E-state index < -0.39 is 0 Å². The molecule has 20 heavy (non-hydrogen) atoms. The van der Waals surface area contributed by atoms with Crippen molar-refractivity contribution in [3.05, 3.63) is 49.1 Å². The molecule has 0 saturated heterocycles. The van der Waals surface area contributed by atoms with Crippen molar-refractivity contribution in [1.29, 1.82) is 0 Å². The van der Waals surface area contributed by atoms with E-state index in [1.54, 1.807) is 24.4 Å². The van der Waals surface area contributed by atoms with E-state index in [0.717, 1.165) is 8.95 Å². The van der Waals surface area contributed by atoms with E-state index in [1.807, 2.05) is 0 Å². The van der Waals surface area contributed by atoms with Gasteiger partial charge in [-0.2, -0.15) is 5.10 Å². The molecule has 0 aliphatic heterocycles. The van der Waals surface area contributed by atoms with Gasteiger partial charge in [-0.05, 0) is 50.1 Å². The standard InChI is InChI=1S/C12H8Br3N3O2/c13-7-1-6(11(19)9(15)2-7)4-17-18-12(20)10-3-8(14)5-16-10/h1-5,16,19H,(H,18,20)/b17-4+. The Hall–Kier alpha value is -1.12. The molecule has 1 aromatic heterocycles. The van der Waals surface area contributed by atoms with Crippen molar-refractivity contribution in [2.45, 2.75) is 0 Å². The Morgan fingerprint density at radius 3 is 2.65 bits per heavy atom. The van der Waals surface area contributed by atoms with Crippen LogP contribution in [0.2, 0.25) is 0 Å². The van der Waals surface area contributed by atoms with Crippen molar-refractivity contribution in [3.63, 3.8) is 0 Å². The Kier molecular flexibility index (Phi) is 5.00. The first-order chi connectivity index (χ1) is 9.47. The van der Waals surface area contributed by atoms with Gasteiger partial charge in [0.2, 0.25) is 0 Å². The Balaban J connectivity index is 2.09. The second kappa shape index (κ2) is 6.55. The number of phenols is 1. The average Bonchev–Trinajstić information content (AvgIpc) is 2.81. The summed E-state index contributed by atoms with van der Waals surface area (Å²) >= 11 is 9.76. The fraction of sp³-hybridized carbons (Fsp3) is 0. The molecule has 104 valence electrons. The molecule has 0 aliphatic carbocycles. The topological polar surface area (TPSA) is 77.5 Å². The molecule has 3 N–H and O–H groups in total. The average molecular weight is 466 g/mol. The second-order valence-corrected chi connectivity index (χ2v) is 6.44. The Labute approximate surface area is 139 Å². The van der Waals surface area contributed by atoms with Crippen LogP contribution in [0.3, 0.4) is 0 Å². The summed E-state index contributed by atoms with van der Waals surface area (Å²) in [6.45, 7) is 0. The molecule has 0 unspecified atom stereocenters. The number of nitrogens with one attached hydrogen (secondary N) is 2. The molecule has 2 rings (SSSR count). The number of H-pyrrole nitrogens is 1. The predicted molar refractivity (Wildman–Crippen MR) is 87.1 cm³/mol. The van der Waals surface area contributed by atoms with Crippen molar-refractivity contribution in [2.24, 2.45) is 5.10 Å². The van der Waals surface area contributed by atoms with Gasteiger partial charge in [-0.1, -0.05) is 15.9 Å². The Bertz CT molecular complexity index is 683. The summed E-state index contributed by atoms with van der Waals surface area (Å²) in [6, 6.07) is 5.03. The van der Waals surface area contributed by atoms with Crippen LogP contribution < -0.4 is 5.43 Å². The summed E-state index contributed by atoms with van der Waals surface area (Å²) in [5.41, 5.74) is 3.22. The quantitative estimate of drug-likeness (QED) is 0.476. The molecule has 0 atom stereocenters. The lowest BCUT2D eigenvalue weighted by molar-refractivity contribution is 0.0950. The Morgan fingerprint density at radius 1 is 1.25 bits per heavy atom. The fourth-order valence-electron chi connectivity index (χ4n) is 1.40. The molecule has 0 saturated carbocycles.